The lowest BCUT2D eigenvalue weighted by molar-refractivity contribution is -0.137. The summed E-state index contributed by atoms with van der Waals surface area (Å²) in [6.07, 6.45) is -1.78. The number of fused-ring (bicyclic) bond motifs is 1. The molecule has 0 aliphatic carbocycles. The largest absolute Gasteiger partial charge is 0.416 e. The van der Waals surface area contributed by atoms with Crippen LogP contribution in [0.15, 0.2) is 28.8 Å². The van der Waals surface area contributed by atoms with Crippen molar-refractivity contribution in [2.75, 3.05) is 31.1 Å². The molecule has 35 heavy (non-hydrogen) atoms. The van der Waals surface area contributed by atoms with Gasteiger partial charge in [-0.25, -0.2) is 4.98 Å². The zero-order valence-electron chi connectivity index (χ0n) is 20.2. The second-order valence-corrected chi connectivity index (χ2v) is 9.32. The Morgan fingerprint density at radius 1 is 1.14 bits per heavy atom. The maximum atomic E-state index is 13.4. The van der Waals surface area contributed by atoms with Crippen LogP contribution in [0.1, 0.15) is 51.4 Å². The number of rotatable bonds is 6. The van der Waals surface area contributed by atoms with Crippen LogP contribution in [-0.2, 0) is 17.4 Å². The quantitative estimate of drug-likeness (QED) is 0.465. The van der Waals surface area contributed by atoms with Crippen molar-refractivity contribution in [3.8, 4) is 11.3 Å². The predicted octanol–water partition coefficient (Wildman–Crippen LogP) is 5.34. The van der Waals surface area contributed by atoms with E-state index in [1.807, 2.05) is 11.8 Å². The van der Waals surface area contributed by atoms with E-state index >= 15 is 0 Å². The molecule has 3 heterocycles. The van der Waals surface area contributed by atoms with Gasteiger partial charge in [-0.1, -0.05) is 38.1 Å². The number of benzene rings is 1. The number of hydrogen-bond acceptors (Lipinski definition) is 6. The molecule has 0 unspecified atom stereocenters. The molecule has 1 aromatic carbocycles. The van der Waals surface area contributed by atoms with E-state index < -0.39 is 11.7 Å². The van der Waals surface area contributed by atoms with Gasteiger partial charge < -0.3 is 14.3 Å². The van der Waals surface area contributed by atoms with Gasteiger partial charge in [0.2, 0.25) is 5.91 Å². The normalized spacial score (nSPS) is 15.2. The molecular weight excluding hydrogens is 459 g/mol. The Balaban J connectivity index is 1.78. The topological polar surface area (TPSA) is 75.4 Å². The highest BCUT2D eigenvalue weighted by Crippen LogP contribution is 2.37. The van der Waals surface area contributed by atoms with E-state index in [0.29, 0.717) is 62.0 Å². The lowest BCUT2D eigenvalue weighted by atomic mass is 10.1. The van der Waals surface area contributed by atoms with Gasteiger partial charge >= 0.3 is 6.18 Å². The molecule has 0 bridgehead atoms. The molecule has 0 spiro atoms. The number of anilines is 1. The fourth-order valence-electron chi connectivity index (χ4n) is 4.36. The fraction of sp³-hybridized carbons (Fsp3) is 0.520. The lowest BCUT2D eigenvalue weighted by Gasteiger charge is -2.24. The first-order chi connectivity index (χ1) is 16.7. The van der Waals surface area contributed by atoms with Crippen molar-refractivity contribution in [3.63, 3.8) is 0 Å². The van der Waals surface area contributed by atoms with E-state index in [4.69, 9.17) is 9.51 Å². The van der Waals surface area contributed by atoms with Gasteiger partial charge in [-0.15, -0.1) is 0 Å². The first kappa shape index (κ1) is 24.9. The van der Waals surface area contributed by atoms with Crippen LogP contribution in [0.3, 0.4) is 0 Å². The minimum absolute atomic E-state index is 0.136. The average Bonchev–Trinajstić information content (AvgIpc) is 3.06. The number of amides is 1. The van der Waals surface area contributed by atoms with Gasteiger partial charge in [-0.3, -0.25) is 4.79 Å². The smallest absolute Gasteiger partial charge is 0.354 e. The first-order valence-electron chi connectivity index (χ1n) is 12.0. The standard InChI is InChI=1S/C25H30F3N5O2/c1-4-7-20(34)32-10-6-11-33(13-12-32)23-21-22(17-8-5-9-18(15-17)25(26,27)28)31-35-24(21)30-19(29-23)14-16(2)3/h5,8-9,15-16H,4,6-7,10-14H2,1-3H3. The van der Waals surface area contributed by atoms with Crippen LogP contribution >= 0.6 is 0 Å². The van der Waals surface area contributed by atoms with Crippen LogP contribution in [0.25, 0.3) is 22.4 Å². The number of alkyl halides is 3. The maximum Gasteiger partial charge on any atom is 0.416 e. The summed E-state index contributed by atoms with van der Waals surface area (Å²) in [6.45, 7) is 8.51. The summed E-state index contributed by atoms with van der Waals surface area (Å²) < 4.78 is 45.6. The van der Waals surface area contributed by atoms with Gasteiger partial charge in [0.1, 0.15) is 22.7 Å². The summed E-state index contributed by atoms with van der Waals surface area (Å²) >= 11 is 0. The number of nitrogens with zero attached hydrogens (tertiary/aromatic N) is 5. The van der Waals surface area contributed by atoms with Crippen LogP contribution in [-0.4, -0.2) is 52.1 Å². The summed E-state index contributed by atoms with van der Waals surface area (Å²) in [4.78, 5) is 25.8. The Bertz CT molecular complexity index is 1190. The third-order valence-corrected chi connectivity index (χ3v) is 6.03. The maximum absolute atomic E-state index is 13.4. The molecule has 1 fully saturated rings. The third-order valence-electron chi connectivity index (χ3n) is 6.03. The van der Waals surface area contributed by atoms with Gasteiger partial charge in [-0.05, 0) is 30.9 Å². The van der Waals surface area contributed by atoms with E-state index in [9.17, 15) is 18.0 Å². The Kier molecular flexibility index (Phi) is 7.28. The van der Waals surface area contributed by atoms with Gasteiger partial charge in [0.25, 0.3) is 5.71 Å². The van der Waals surface area contributed by atoms with Gasteiger partial charge in [0, 0.05) is 44.6 Å². The highest BCUT2D eigenvalue weighted by atomic mass is 19.4. The SMILES string of the molecule is CCCC(=O)N1CCCN(c2nc(CC(C)C)nc3onc(-c4cccc(C(F)(F)F)c4)c23)CC1. The molecule has 7 nitrogen and oxygen atoms in total. The minimum Gasteiger partial charge on any atom is -0.354 e. The zero-order valence-corrected chi connectivity index (χ0v) is 20.2. The van der Waals surface area contributed by atoms with E-state index in [0.717, 1.165) is 25.0 Å². The monoisotopic (exact) mass is 489 g/mol. The van der Waals surface area contributed by atoms with Crippen molar-refractivity contribution < 1.29 is 22.5 Å². The highest BCUT2D eigenvalue weighted by Gasteiger charge is 2.32. The summed E-state index contributed by atoms with van der Waals surface area (Å²) in [5.41, 5.74) is 0.0566. The van der Waals surface area contributed by atoms with Crippen LogP contribution in [0.5, 0.6) is 0 Å². The van der Waals surface area contributed by atoms with Crippen molar-refractivity contribution in [1.82, 2.24) is 20.0 Å². The molecular formula is C25H30F3N5O2. The average molecular weight is 490 g/mol. The van der Waals surface area contributed by atoms with Crippen molar-refractivity contribution in [2.45, 2.75) is 52.6 Å². The summed E-state index contributed by atoms with van der Waals surface area (Å²) in [6, 6.07) is 5.03. The molecule has 0 saturated carbocycles. The second kappa shape index (κ2) is 10.2. The predicted molar refractivity (Wildman–Crippen MR) is 127 cm³/mol. The fourth-order valence-corrected chi connectivity index (χ4v) is 4.36. The van der Waals surface area contributed by atoms with Gasteiger partial charge in [-0.2, -0.15) is 18.2 Å². The summed E-state index contributed by atoms with van der Waals surface area (Å²) in [5, 5.41) is 4.61. The molecule has 2 aromatic heterocycles. The molecule has 0 radical (unpaired) electrons. The minimum atomic E-state index is -4.47. The Morgan fingerprint density at radius 3 is 2.66 bits per heavy atom. The molecule has 4 rings (SSSR count). The van der Waals surface area contributed by atoms with Gasteiger partial charge in [0.05, 0.1) is 5.56 Å². The number of aromatic nitrogens is 3. The Labute approximate surface area is 202 Å². The zero-order chi connectivity index (χ0) is 25.2. The van der Waals surface area contributed by atoms with Crippen LogP contribution in [0.4, 0.5) is 19.0 Å². The van der Waals surface area contributed by atoms with Crippen molar-refractivity contribution >= 4 is 22.8 Å². The van der Waals surface area contributed by atoms with E-state index in [2.05, 4.69) is 28.9 Å². The van der Waals surface area contributed by atoms with Crippen LogP contribution in [0.2, 0.25) is 0 Å². The number of carbonyl (C=O) groups excluding carboxylic acids is 1. The highest BCUT2D eigenvalue weighted by molar-refractivity contribution is 5.98. The molecule has 0 atom stereocenters. The molecule has 1 amide bonds. The Morgan fingerprint density at radius 2 is 1.94 bits per heavy atom. The lowest BCUT2D eigenvalue weighted by Crippen LogP contribution is -2.35. The first-order valence-corrected chi connectivity index (χ1v) is 12.0. The van der Waals surface area contributed by atoms with Crippen LogP contribution in [0, 0.1) is 5.92 Å². The Hall–Kier alpha value is -3.17. The molecule has 188 valence electrons. The number of halogens is 3. The van der Waals surface area contributed by atoms with Gasteiger partial charge in [0.15, 0.2) is 0 Å². The number of hydrogen-bond donors (Lipinski definition) is 0. The summed E-state index contributed by atoms with van der Waals surface area (Å²) in [7, 11) is 0. The van der Waals surface area contributed by atoms with E-state index in [1.54, 1.807) is 6.07 Å². The molecule has 3 aromatic rings. The van der Waals surface area contributed by atoms with Crippen LogP contribution < -0.4 is 4.90 Å². The molecule has 1 aliphatic rings. The summed E-state index contributed by atoms with van der Waals surface area (Å²) in [5.74, 6) is 1.62. The third kappa shape index (κ3) is 5.57. The molecule has 1 aliphatic heterocycles. The molecule has 10 heteroatoms. The van der Waals surface area contributed by atoms with Crippen molar-refractivity contribution in [2.24, 2.45) is 5.92 Å². The molecule has 1 saturated heterocycles. The van der Waals surface area contributed by atoms with E-state index in [-0.39, 0.29) is 22.9 Å². The van der Waals surface area contributed by atoms with E-state index in [1.165, 1.54) is 6.07 Å². The van der Waals surface area contributed by atoms with Crippen molar-refractivity contribution in [3.05, 3.63) is 35.7 Å². The molecule has 0 N–H and O–H groups in total. The second-order valence-electron chi connectivity index (χ2n) is 9.32. The van der Waals surface area contributed by atoms with Crippen molar-refractivity contribution in [1.29, 1.82) is 0 Å². The number of carbonyl (C=O) groups is 1.